The quantitative estimate of drug-likeness (QED) is 0.392. The summed E-state index contributed by atoms with van der Waals surface area (Å²) in [7, 11) is 0. The second-order valence-electron chi connectivity index (χ2n) is 4.82. The molecule has 0 amide bonds. The first-order chi connectivity index (χ1) is 10.2. The van der Waals surface area contributed by atoms with Crippen LogP contribution in [0.5, 0.6) is 0 Å². The van der Waals surface area contributed by atoms with Gasteiger partial charge in [-0.2, -0.15) is 0 Å². The summed E-state index contributed by atoms with van der Waals surface area (Å²) in [6.45, 7) is 0. The van der Waals surface area contributed by atoms with E-state index in [-0.39, 0.29) is 5.82 Å². The Labute approximate surface area is 121 Å². The molecule has 106 valence electrons. The van der Waals surface area contributed by atoms with Gasteiger partial charge in [0.15, 0.2) is 0 Å². The zero-order valence-corrected chi connectivity index (χ0v) is 11.3. The molecule has 1 aromatic heterocycles. The average Bonchev–Trinajstić information content (AvgIpc) is 2.51. The van der Waals surface area contributed by atoms with Crippen LogP contribution in [0.25, 0.3) is 10.8 Å². The Kier molecular flexibility index (Phi) is 3.51. The number of pyridine rings is 1. The highest BCUT2D eigenvalue weighted by Gasteiger charge is 2.18. The molecule has 1 heterocycles. The zero-order valence-electron chi connectivity index (χ0n) is 11.3. The minimum absolute atomic E-state index is 0.346. The second-order valence-corrected chi connectivity index (χ2v) is 4.82. The van der Waals surface area contributed by atoms with Crippen LogP contribution >= 0.6 is 0 Å². The first-order valence-electron chi connectivity index (χ1n) is 6.54. The van der Waals surface area contributed by atoms with Crippen molar-refractivity contribution in [3.8, 4) is 0 Å². The van der Waals surface area contributed by atoms with E-state index in [2.05, 4.69) is 10.4 Å². The zero-order chi connectivity index (χ0) is 14.8. The minimum atomic E-state index is -0.396. The van der Waals surface area contributed by atoms with E-state index in [9.17, 15) is 4.39 Å². The van der Waals surface area contributed by atoms with E-state index in [1.807, 2.05) is 24.3 Å². The summed E-state index contributed by atoms with van der Waals surface area (Å²) in [5.41, 5.74) is 10.7. The lowest BCUT2D eigenvalue weighted by Crippen LogP contribution is -2.29. The lowest BCUT2D eigenvalue weighted by Gasteiger charge is -2.20. The molecule has 21 heavy (non-hydrogen) atoms. The number of fused-ring (bicyclic) bond motifs is 1. The normalized spacial score (nSPS) is 12.5. The van der Waals surface area contributed by atoms with Gasteiger partial charge in [-0.15, -0.1) is 0 Å². The van der Waals surface area contributed by atoms with E-state index in [4.69, 9.17) is 11.6 Å². The van der Waals surface area contributed by atoms with Gasteiger partial charge in [-0.3, -0.25) is 10.8 Å². The summed E-state index contributed by atoms with van der Waals surface area (Å²) >= 11 is 0. The molecule has 0 aliphatic carbocycles. The molecule has 3 aromatic rings. The number of anilines is 1. The van der Waals surface area contributed by atoms with E-state index in [0.29, 0.717) is 11.3 Å². The van der Waals surface area contributed by atoms with E-state index >= 15 is 0 Å². The van der Waals surface area contributed by atoms with Gasteiger partial charge in [0.1, 0.15) is 5.82 Å². The second kappa shape index (κ2) is 5.47. The van der Waals surface area contributed by atoms with Crippen molar-refractivity contribution in [3.63, 3.8) is 0 Å². The first-order valence-corrected chi connectivity index (χ1v) is 6.54. The van der Waals surface area contributed by atoms with E-state index in [0.717, 1.165) is 16.3 Å². The molecule has 1 atom stereocenters. The fourth-order valence-corrected chi connectivity index (χ4v) is 2.54. The summed E-state index contributed by atoms with van der Waals surface area (Å²) in [6, 6.07) is 11.6. The van der Waals surface area contributed by atoms with Crippen LogP contribution in [-0.4, -0.2) is 4.98 Å². The number of nitrogens with two attached hydrogens (primary N) is 2. The van der Waals surface area contributed by atoms with Crippen LogP contribution in [0.3, 0.4) is 0 Å². The number of nitrogens with zero attached hydrogens (tertiary/aromatic N) is 1. The van der Waals surface area contributed by atoms with Crippen LogP contribution < -0.4 is 17.0 Å². The highest BCUT2D eigenvalue weighted by atomic mass is 19.1. The van der Waals surface area contributed by atoms with Crippen LogP contribution in [0.1, 0.15) is 17.2 Å². The number of hydrogen-bond acceptors (Lipinski definition) is 4. The largest absolute Gasteiger partial charge is 0.398 e. The summed E-state index contributed by atoms with van der Waals surface area (Å²) < 4.78 is 13.5. The first kappa shape index (κ1) is 13.5. The van der Waals surface area contributed by atoms with Crippen molar-refractivity contribution in [3.05, 3.63) is 71.8 Å². The predicted octanol–water partition coefficient (Wildman–Crippen LogP) is 2.51. The van der Waals surface area contributed by atoms with Gasteiger partial charge in [-0.05, 0) is 35.2 Å². The van der Waals surface area contributed by atoms with Crippen molar-refractivity contribution in [1.29, 1.82) is 0 Å². The third kappa shape index (κ3) is 2.44. The molecule has 0 saturated heterocycles. The molecule has 0 saturated carbocycles. The van der Waals surface area contributed by atoms with Crippen molar-refractivity contribution < 1.29 is 4.39 Å². The molecule has 0 radical (unpaired) electrons. The monoisotopic (exact) mass is 282 g/mol. The molecule has 1 unspecified atom stereocenters. The van der Waals surface area contributed by atoms with Gasteiger partial charge in [0.25, 0.3) is 0 Å². The smallest absolute Gasteiger partial charge is 0.123 e. The van der Waals surface area contributed by atoms with Gasteiger partial charge in [-0.1, -0.05) is 18.2 Å². The number of aromatic nitrogens is 1. The number of nitrogens with one attached hydrogen (secondary N) is 1. The van der Waals surface area contributed by atoms with Crippen LogP contribution in [0.15, 0.2) is 54.9 Å². The van der Waals surface area contributed by atoms with Crippen molar-refractivity contribution >= 4 is 16.5 Å². The number of halogens is 1. The fraction of sp³-hybridized carbons (Fsp3) is 0.0625. The summed E-state index contributed by atoms with van der Waals surface area (Å²) in [4.78, 5) is 4.11. The molecule has 0 aliphatic heterocycles. The summed E-state index contributed by atoms with van der Waals surface area (Å²) in [5, 5.41) is 1.99. The van der Waals surface area contributed by atoms with Crippen molar-refractivity contribution in [1.82, 2.24) is 10.4 Å². The average molecular weight is 282 g/mol. The molecule has 0 bridgehead atoms. The van der Waals surface area contributed by atoms with Gasteiger partial charge >= 0.3 is 0 Å². The minimum Gasteiger partial charge on any atom is -0.398 e. The third-order valence-electron chi connectivity index (χ3n) is 3.55. The Morgan fingerprint density at radius 2 is 1.95 bits per heavy atom. The molecule has 0 spiro atoms. The van der Waals surface area contributed by atoms with E-state index in [1.54, 1.807) is 18.5 Å². The molecule has 2 aromatic carbocycles. The van der Waals surface area contributed by atoms with Gasteiger partial charge < -0.3 is 5.73 Å². The van der Waals surface area contributed by atoms with E-state index in [1.165, 1.54) is 12.1 Å². The van der Waals surface area contributed by atoms with Crippen molar-refractivity contribution in [2.45, 2.75) is 6.04 Å². The van der Waals surface area contributed by atoms with Crippen molar-refractivity contribution in [2.75, 3.05) is 5.73 Å². The standard InChI is InChI=1S/C16H15FN4/c17-11-4-5-15(18)14(8-11)16(21-19)13-3-1-2-10-9-20-7-6-12(10)13/h1-9,16,21H,18-19H2. The van der Waals surface area contributed by atoms with Gasteiger partial charge in [-0.25, -0.2) is 9.82 Å². The highest BCUT2D eigenvalue weighted by molar-refractivity contribution is 5.85. The van der Waals surface area contributed by atoms with Crippen LogP contribution in [0.2, 0.25) is 0 Å². The molecular weight excluding hydrogens is 267 g/mol. The SMILES string of the molecule is NNC(c1cc(F)ccc1N)c1cccc2cnccc12. The molecule has 4 nitrogen and oxygen atoms in total. The highest BCUT2D eigenvalue weighted by Crippen LogP contribution is 2.31. The van der Waals surface area contributed by atoms with Gasteiger partial charge in [0, 0.05) is 29.0 Å². The number of benzene rings is 2. The summed E-state index contributed by atoms with van der Waals surface area (Å²) in [5.74, 6) is 5.36. The van der Waals surface area contributed by atoms with Gasteiger partial charge in [0.2, 0.25) is 0 Å². The lowest BCUT2D eigenvalue weighted by atomic mass is 9.94. The lowest BCUT2D eigenvalue weighted by molar-refractivity contribution is 0.608. The third-order valence-corrected chi connectivity index (χ3v) is 3.55. The van der Waals surface area contributed by atoms with Gasteiger partial charge in [0.05, 0.1) is 6.04 Å². The number of rotatable bonds is 3. The van der Waals surface area contributed by atoms with Crippen molar-refractivity contribution in [2.24, 2.45) is 5.84 Å². The molecule has 5 N–H and O–H groups in total. The maximum Gasteiger partial charge on any atom is 0.123 e. The van der Waals surface area contributed by atoms with E-state index < -0.39 is 6.04 Å². The molecule has 5 heteroatoms. The van der Waals surface area contributed by atoms with Crippen LogP contribution in [0.4, 0.5) is 10.1 Å². The fourth-order valence-electron chi connectivity index (χ4n) is 2.54. The summed E-state index contributed by atoms with van der Waals surface area (Å²) in [6.07, 6.45) is 3.50. The Morgan fingerprint density at radius 1 is 1.10 bits per heavy atom. The number of nitrogen functional groups attached to an aromatic ring is 1. The Morgan fingerprint density at radius 3 is 2.76 bits per heavy atom. The Hall–Kier alpha value is -2.50. The number of hydrazine groups is 1. The van der Waals surface area contributed by atoms with Crippen LogP contribution in [-0.2, 0) is 0 Å². The predicted molar refractivity (Wildman–Crippen MR) is 81.7 cm³/mol. The Balaban J connectivity index is 2.21. The maximum atomic E-state index is 13.5. The molecular formula is C16H15FN4. The molecule has 3 rings (SSSR count). The maximum absolute atomic E-state index is 13.5. The number of hydrogen-bond donors (Lipinski definition) is 3. The Bertz CT molecular complexity index is 783. The topological polar surface area (TPSA) is 77.0 Å². The molecule has 0 fully saturated rings. The molecule has 0 aliphatic rings. The van der Waals surface area contributed by atoms with Crippen LogP contribution in [0, 0.1) is 5.82 Å².